The molecule has 0 radical (unpaired) electrons. The summed E-state index contributed by atoms with van der Waals surface area (Å²) in [5, 5.41) is 17.8. The third-order valence-corrected chi connectivity index (χ3v) is 1.60. The Morgan fingerprint density at radius 2 is 2.11 bits per heavy atom. The van der Waals surface area contributed by atoms with Gasteiger partial charge in [0.15, 0.2) is 0 Å². The second-order valence-electron chi connectivity index (χ2n) is 2.25. The van der Waals surface area contributed by atoms with Gasteiger partial charge in [-0.3, -0.25) is 0 Å². The van der Waals surface area contributed by atoms with Crippen molar-refractivity contribution in [3.05, 3.63) is 35.3 Å². The first-order chi connectivity index (χ1) is 4.29. The van der Waals surface area contributed by atoms with Gasteiger partial charge >= 0.3 is 0 Å². The van der Waals surface area contributed by atoms with E-state index in [1.165, 1.54) is 0 Å². The highest BCUT2D eigenvalue weighted by atomic mass is 16.3. The summed E-state index contributed by atoms with van der Waals surface area (Å²) in [6.07, 6.45) is 4.96. The van der Waals surface area contributed by atoms with Crippen LogP contribution in [0.15, 0.2) is 35.3 Å². The Kier molecular flexibility index (Phi) is 0.628. The van der Waals surface area contributed by atoms with Gasteiger partial charge in [0.2, 0.25) is 0 Å². The summed E-state index contributed by atoms with van der Waals surface area (Å²) in [5.41, 5.74) is 0.856. The molecule has 2 aliphatic rings. The van der Waals surface area contributed by atoms with Gasteiger partial charge < -0.3 is 10.2 Å². The van der Waals surface area contributed by atoms with Gasteiger partial charge in [0.05, 0.1) is 5.92 Å². The van der Waals surface area contributed by atoms with Gasteiger partial charge in [0, 0.05) is 5.57 Å². The van der Waals surface area contributed by atoms with E-state index in [1.807, 2.05) is 0 Å². The molecule has 0 bridgehead atoms. The monoisotopic (exact) mass is 122 g/mol. The van der Waals surface area contributed by atoms with Crippen molar-refractivity contribution in [2.75, 3.05) is 0 Å². The van der Waals surface area contributed by atoms with Crippen LogP contribution < -0.4 is 0 Å². The van der Waals surface area contributed by atoms with Crippen molar-refractivity contribution in [1.82, 2.24) is 0 Å². The maximum atomic E-state index is 8.92. The second kappa shape index (κ2) is 1.21. The average molecular weight is 122 g/mol. The minimum Gasteiger partial charge on any atom is -0.511 e. The predicted octanol–water partition coefficient (Wildman–Crippen LogP) is 1.44. The maximum Gasteiger partial charge on any atom is 0.115 e. The molecule has 9 heavy (non-hydrogen) atoms. The Balaban J connectivity index is 2.37. The van der Waals surface area contributed by atoms with Crippen molar-refractivity contribution in [3.8, 4) is 0 Å². The van der Waals surface area contributed by atoms with E-state index in [0.29, 0.717) is 5.76 Å². The first kappa shape index (κ1) is 4.68. The fourth-order valence-corrected chi connectivity index (χ4v) is 1.01. The quantitative estimate of drug-likeness (QED) is 0.510. The summed E-state index contributed by atoms with van der Waals surface area (Å²) in [6, 6.07) is 0. The molecule has 2 rings (SSSR count). The third-order valence-electron chi connectivity index (χ3n) is 1.60. The molecule has 1 atom stereocenters. The summed E-state index contributed by atoms with van der Waals surface area (Å²) < 4.78 is 0. The Hall–Kier alpha value is -1.18. The first-order valence-corrected chi connectivity index (χ1v) is 2.81. The highest BCUT2D eigenvalue weighted by Crippen LogP contribution is 2.42. The summed E-state index contributed by atoms with van der Waals surface area (Å²) >= 11 is 0. The van der Waals surface area contributed by atoms with Crippen molar-refractivity contribution in [2.24, 2.45) is 5.92 Å². The molecule has 0 aromatic rings. The Morgan fingerprint density at radius 1 is 1.33 bits per heavy atom. The third kappa shape index (κ3) is 0.499. The lowest BCUT2D eigenvalue weighted by atomic mass is 10.2. The number of hydrogen-bond acceptors (Lipinski definition) is 2. The molecule has 0 aromatic carbocycles. The average Bonchev–Trinajstić information content (AvgIpc) is 2.43. The molecule has 0 spiro atoms. The van der Waals surface area contributed by atoms with E-state index >= 15 is 0 Å². The second-order valence-corrected chi connectivity index (χ2v) is 2.25. The standard InChI is InChI=1S/C7H6O2/c8-4-1-2-5-6(3-4)7(5)9/h1-3,5,8-9H/t5-/m1/s1. The van der Waals surface area contributed by atoms with Crippen molar-refractivity contribution >= 4 is 0 Å². The summed E-state index contributed by atoms with van der Waals surface area (Å²) in [4.78, 5) is 0. The highest BCUT2D eigenvalue weighted by molar-refractivity contribution is 5.53. The van der Waals surface area contributed by atoms with E-state index in [0.717, 1.165) is 5.57 Å². The SMILES string of the molecule is OC1=CC2=C(O)[C@@H]2C=C1. The van der Waals surface area contributed by atoms with Gasteiger partial charge in [0.25, 0.3) is 0 Å². The number of aliphatic hydroxyl groups excluding tert-OH is 2. The zero-order chi connectivity index (χ0) is 6.43. The van der Waals surface area contributed by atoms with Crippen LogP contribution in [0.3, 0.4) is 0 Å². The predicted molar refractivity (Wildman–Crippen MR) is 33.0 cm³/mol. The number of fused-ring (bicyclic) bond motifs is 1. The molecule has 0 amide bonds. The number of allylic oxidation sites excluding steroid dienone is 4. The molecule has 2 aliphatic carbocycles. The highest BCUT2D eigenvalue weighted by Gasteiger charge is 2.34. The van der Waals surface area contributed by atoms with Crippen LogP contribution in [0.25, 0.3) is 0 Å². The van der Waals surface area contributed by atoms with Gasteiger partial charge in [-0.2, -0.15) is 0 Å². The molecule has 0 heterocycles. The summed E-state index contributed by atoms with van der Waals surface area (Å²) in [5.74, 6) is 0.751. The molecule has 0 aromatic heterocycles. The van der Waals surface area contributed by atoms with Crippen LogP contribution in [0.5, 0.6) is 0 Å². The summed E-state index contributed by atoms with van der Waals surface area (Å²) in [7, 11) is 0. The van der Waals surface area contributed by atoms with Gasteiger partial charge in [0.1, 0.15) is 11.5 Å². The van der Waals surface area contributed by atoms with Crippen molar-refractivity contribution in [1.29, 1.82) is 0 Å². The Morgan fingerprint density at radius 3 is 2.67 bits per heavy atom. The van der Waals surface area contributed by atoms with Crippen LogP contribution in [0, 0.1) is 5.92 Å². The van der Waals surface area contributed by atoms with E-state index in [2.05, 4.69) is 0 Å². The molecule has 2 nitrogen and oxygen atoms in total. The van der Waals surface area contributed by atoms with E-state index in [4.69, 9.17) is 10.2 Å². The van der Waals surface area contributed by atoms with Crippen LogP contribution in [-0.2, 0) is 0 Å². The largest absolute Gasteiger partial charge is 0.511 e. The lowest BCUT2D eigenvalue weighted by Crippen LogP contribution is -1.83. The zero-order valence-electron chi connectivity index (χ0n) is 4.70. The fraction of sp³-hybridized carbons (Fsp3) is 0.143. The van der Waals surface area contributed by atoms with Crippen LogP contribution in [-0.4, -0.2) is 10.2 Å². The number of hydrogen-bond donors (Lipinski definition) is 2. The first-order valence-electron chi connectivity index (χ1n) is 2.81. The van der Waals surface area contributed by atoms with E-state index < -0.39 is 0 Å². The normalized spacial score (nSPS) is 29.8. The lowest BCUT2D eigenvalue weighted by Gasteiger charge is -1.94. The Bertz CT molecular complexity index is 246. The molecule has 0 saturated heterocycles. The topological polar surface area (TPSA) is 40.5 Å². The van der Waals surface area contributed by atoms with Gasteiger partial charge in [-0.25, -0.2) is 0 Å². The molecule has 2 heteroatoms. The number of aliphatic hydroxyl groups is 2. The smallest absolute Gasteiger partial charge is 0.115 e. The number of rotatable bonds is 0. The molecule has 0 fully saturated rings. The molecule has 2 N–H and O–H groups in total. The minimum atomic E-state index is 0.126. The summed E-state index contributed by atoms with van der Waals surface area (Å²) in [6.45, 7) is 0. The Labute approximate surface area is 52.4 Å². The van der Waals surface area contributed by atoms with E-state index in [-0.39, 0.29) is 11.7 Å². The van der Waals surface area contributed by atoms with Crippen molar-refractivity contribution in [2.45, 2.75) is 0 Å². The molecular formula is C7H6O2. The van der Waals surface area contributed by atoms with Crippen LogP contribution >= 0.6 is 0 Å². The van der Waals surface area contributed by atoms with Crippen LogP contribution in [0.2, 0.25) is 0 Å². The van der Waals surface area contributed by atoms with Gasteiger partial charge in [-0.15, -0.1) is 0 Å². The van der Waals surface area contributed by atoms with E-state index in [1.54, 1.807) is 18.2 Å². The van der Waals surface area contributed by atoms with Crippen molar-refractivity contribution < 1.29 is 10.2 Å². The van der Waals surface area contributed by atoms with Gasteiger partial charge in [-0.05, 0) is 12.2 Å². The minimum absolute atomic E-state index is 0.126. The fourth-order valence-electron chi connectivity index (χ4n) is 1.01. The molecule has 0 unspecified atom stereocenters. The molecular weight excluding hydrogens is 116 g/mol. The molecule has 0 saturated carbocycles. The lowest BCUT2D eigenvalue weighted by molar-refractivity contribution is 0.421. The molecule has 0 aliphatic heterocycles. The maximum absolute atomic E-state index is 8.92. The molecule has 46 valence electrons. The van der Waals surface area contributed by atoms with Gasteiger partial charge in [-0.1, -0.05) is 6.08 Å². The van der Waals surface area contributed by atoms with Crippen molar-refractivity contribution in [3.63, 3.8) is 0 Å². The van der Waals surface area contributed by atoms with Crippen LogP contribution in [0.4, 0.5) is 0 Å². The van der Waals surface area contributed by atoms with Crippen LogP contribution in [0.1, 0.15) is 0 Å². The zero-order valence-corrected chi connectivity index (χ0v) is 4.70. The van der Waals surface area contributed by atoms with E-state index in [9.17, 15) is 0 Å².